The highest BCUT2D eigenvalue weighted by Gasteiger charge is 2.29. The van der Waals surface area contributed by atoms with Crippen LogP contribution in [0.4, 0.5) is 5.69 Å². The largest absolute Gasteiger partial charge is 0.369 e. The molecule has 1 N–H and O–H groups in total. The first-order valence-electron chi connectivity index (χ1n) is 8.46. The number of hydrogen-bond acceptors (Lipinski definition) is 4. The second-order valence-corrected chi connectivity index (χ2v) is 6.35. The molecule has 21 heavy (non-hydrogen) atoms. The van der Waals surface area contributed by atoms with Gasteiger partial charge < -0.3 is 10.2 Å². The van der Waals surface area contributed by atoms with Crippen molar-refractivity contribution in [3.05, 3.63) is 24.0 Å². The highest BCUT2D eigenvalue weighted by Crippen LogP contribution is 2.25. The van der Waals surface area contributed by atoms with Gasteiger partial charge in [0.25, 0.3) is 0 Å². The molecule has 1 aromatic heterocycles. The third-order valence-electron chi connectivity index (χ3n) is 4.91. The zero-order chi connectivity index (χ0) is 14.7. The third-order valence-corrected chi connectivity index (χ3v) is 4.91. The molecule has 3 heterocycles. The molecule has 116 valence electrons. The summed E-state index contributed by atoms with van der Waals surface area (Å²) in [6.45, 7) is 10.2. The predicted molar refractivity (Wildman–Crippen MR) is 87.8 cm³/mol. The van der Waals surface area contributed by atoms with E-state index in [4.69, 9.17) is 0 Å². The summed E-state index contributed by atoms with van der Waals surface area (Å²) in [5.74, 6) is 0. The molecule has 2 atom stereocenters. The predicted octanol–water partition coefficient (Wildman–Crippen LogP) is 2.43. The van der Waals surface area contributed by atoms with Crippen molar-refractivity contribution >= 4 is 5.69 Å². The maximum absolute atomic E-state index is 4.65. The Morgan fingerprint density at radius 1 is 1.29 bits per heavy atom. The highest BCUT2D eigenvalue weighted by molar-refractivity contribution is 5.46. The Hall–Kier alpha value is -1.13. The standard InChI is InChI=1S/C17H28N4/c1-3-18-14(2)17-7-6-15(12-19-17)21-11-8-16(13-21)20-9-4-5-10-20/h6-7,12,14,16,18H,3-5,8-11,13H2,1-2H3. The molecule has 2 aliphatic rings. The first-order valence-corrected chi connectivity index (χ1v) is 8.46. The maximum atomic E-state index is 4.65. The minimum Gasteiger partial charge on any atom is -0.369 e. The number of likely N-dealkylation sites (tertiary alicyclic amines) is 1. The van der Waals surface area contributed by atoms with Gasteiger partial charge >= 0.3 is 0 Å². The lowest BCUT2D eigenvalue weighted by molar-refractivity contribution is 0.260. The lowest BCUT2D eigenvalue weighted by Gasteiger charge is -2.24. The van der Waals surface area contributed by atoms with Gasteiger partial charge in [0.2, 0.25) is 0 Å². The van der Waals surface area contributed by atoms with Gasteiger partial charge in [0.05, 0.1) is 17.6 Å². The number of nitrogens with one attached hydrogen (secondary N) is 1. The van der Waals surface area contributed by atoms with Crippen LogP contribution < -0.4 is 10.2 Å². The van der Waals surface area contributed by atoms with E-state index < -0.39 is 0 Å². The maximum Gasteiger partial charge on any atom is 0.0572 e. The smallest absolute Gasteiger partial charge is 0.0572 e. The van der Waals surface area contributed by atoms with Gasteiger partial charge in [-0.1, -0.05) is 6.92 Å². The van der Waals surface area contributed by atoms with Crippen LogP contribution in [0.5, 0.6) is 0 Å². The van der Waals surface area contributed by atoms with E-state index in [9.17, 15) is 0 Å². The van der Waals surface area contributed by atoms with E-state index in [2.05, 4.69) is 52.3 Å². The van der Waals surface area contributed by atoms with Gasteiger partial charge in [0.15, 0.2) is 0 Å². The molecule has 0 radical (unpaired) electrons. The second kappa shape index (κ2) is 6.75. The molecule has 0 bridgehead atoms. The second-order valence-electron chi connectivity index (χ2n) is 6.35. The molecule has 4 heteroatoms. The van der Waals surface area contributed by atoms with Crippen LogP contribution in [-0.2, 0) is 0 Å². The molecule has 0 aliphatic carbocycles. The number of anilines is 1. The normalized spacial score (nSPS) is 24.7. The van der Waals surface area contributed by atoms with E-state index in [1.54, 1.807) is 0 Å². The Labute approximate surface area is 128 Å². The average molecular weight is 288 g/mol. The summed E-state index contributed by atoms with van der Waals surface area (Å²) in [6, 6.07) is 5.50. The fourth-order valence-electron chi connectivity index (χ4n) is 3.63. The van der Waals surface area contributed by atoms with Gasteiger partial charge in [-0.25, -0.2) is 0 Å². The van der Waals surface area contributed by atoms with E-state index in [-0.39, 0.29) is 0 Å². The molecule has 4 nitrogen and oxygen atoms in total. The molecule has 0 amide bonds. The van der Waals surface area contributed by atoms with Gasteiger partial charge in [-0.05, 0) is 58.0 Å². The number of rotatable bonds is 5. The Morgan fingerprint density at radius 2 is 2.10 bits per heavy atom. The fourth-order valence-corrected chi connectivity index (χ4v) is 3.63. The number of aromatic nitrogens is 1. The van der Waals surface area contributed by atoms with E-state index >= 15 is 0 Å². The van der Waals surface area contributed by atoms with Crippen molar-refractivity contribution in [3.63, 3.8) is 0 Å². The SMILES string of the molecule is CCNC(C)c1ccc(N2CCC(N3CCCC3)C2)cn1. The summed E-state index contributed by atoms with van der Waals surface area (Å²) in [6.07, 6.45) is 6.12. The zero-order valence-electron chi connectivity index (χ0n) is 13.4. The summed E-state index contributed by atoms with van der Waals surface area (Å²) in [7, 11) is 0. The average Bonchev–Trinajstić information content (AvgIpc) is 3.19. The molecule has 1 aromatic rings. The molecule has 0 saturated carbocycles. The van der Waals surface area contributed by atoms with Crippen LogP contribution in [0.2, 0.25) is 0 Å². The minimum absolute atomic E-state index is 0.333. The van der Waals surface area contributed by atoms with Crippen molar-refractivity contribution in [2.24, 2.45) is 0 Å². The van der Waals surface area contributed by atoms with Crippen molar-refractivity contribution in [2.75, 3.05) is 37.6 Å². The monoisotopic (exact) mass is 288 g/mol. The summed E-state index contributed by atoms with van der Waals surface area (Å²) in [5, 5.41) is 3.41. The van der Waals surface area contributed by atoms with Crippen LogP contribution in [0, 0.1) is 0 Å². The van der Waals surface area contributed by atoms with Crippen LogP contribution >= 0.6 is 0 Å². The molecular formula is C17H28N4. The first-order chi connectivity index (χ1) is 10.3. The lowest BCUT2D eigenvalue weighted by atomic mass is 10.2. The van der Waals surface area contributed by atoms with E-state index in [0.717, 1.165) is 18.3 Å². The van der Waals surface area contributed by atoms with Crippen molar-refractivity contribution < 1.29 is 0 Å². The van der Waals surface area contributed by atoms with E-state index in [1.807, 2.05) is 0 Å². The summed E-state index contributed by atoms with van der Waals surface area (Å²) in [4.78, 5) is 9.82. The summed E-state index contributed by atoms with van der Waals surface area (Å²) >= 11 is 0. The number of pyridine rings is 1. The summed E-state index contributed by atoms with van der Waals surface area (Å²) < 4.78 is 0. The van der Waals surface area contributed by atoms with Crippen molar-refractivity contribution in [1.29, 1.82) is 0 Å². The van der Waals surface area contributed by atoms with Crippen LogP contribution in [-0.4, -0.2) is 48.6 Å². The first kappa shape index (κ1) is 14.8. The van der Waals surface area contributed by atoms with Gasteiger partial charge in [0.1, 0.15) is 0 Å². The van der Waals surface area contributed by atoms with Crippen LogP contribution in [0.3, 0.4) is 0 Å². The molecule has 3 rings (SSSR count). The van der Waals surface area contributed by atoms with Crippen molar-refractivity contribution in [3.8, 4) is 0 Å². The van der Waals surface area contributed by atoms with Crippen molar-refractivity contribution in [2.45, 2.75) is 45.2 Å². The Bertz CT molecular complexity index is 439. The number of nitrogens with zero attached hydrogens (tertiary/aromatic N) is 3. The molecular weight excluding hydrogens is 260 g/mol. The minimum atomic E-state index is 0.333. The molecule has 2 saturated heterocycles. The fraction of sp³-hybridized carbons (Fsp3) is 0.706. The quantitative estimate of drug-likeness (QED) is 0.901. The topological polar surface area (TPSA) is 31.4 Å². The molecule has 0 aromatic carbocycles. The van der Waals surface area contributed by atoms with E-state index in [1.165, 1.54) is 51.1 Å². The van der Waals surface area contributed by atoms with Crippen molar-refractivity contribution in [1.82, 2.24) is 15.2 Å². The lowest BCUT2D eigenvalue weighted by Crippen LogP contribution is -2.35. The van der Waals surface area contributed by atoms with Gasteiger partial charge in [-0.2, -0.15) is 0 Å². The Morgan fingerprint density at radius 3 is 2.76 bits per heavy atom. The van der Waals surface area contributed by atoms with E-state index in [0.29, 0.717) is 6.04 Å². The zero-order valence-corrected chi connectivity index (χ0v) is 13.4. The van der Waals surface area contributed by atoms with Gasteiger partial charge in [-0.15, -0.1) is 0 Å². The number of hydrogen-bond donors (Lipinski definition) is 1. The van der Waals surface area contributed by atoms with Gasteiger partial charge in [0, 0.05) is 25.2 Å². The molecule has 2 aliphatic heterocycles. The highest BCUT2D eigenvalue weighted by atomic mass is 15.3. The Kier molecular flexibility index (Phi) is 4.76. The molecule has 0 spiro atoms. The van der Waals surface area contributed by atoms with Crippen LogP contribution in [0.15, 0.2) is 18.3 Å². The van der Waals surface area contributed by atoms with Crippen LogP contribution in [0.1, 0.15) is 44.8 Å². The van der Waals surface area contributed by atoms with Crippen LogP contribution in [0.25, 0.3) is 0 Å². The molecule has 2 unspecified atom stereocenters. The third kappa shape index (κ3) is 3.38. The Balaban J connectivity index is 1.59. The van der Waals surface area contributed by atoms with Gasteiger partial charge in [-0.3, -0.25) is 9.88 Å². The summed E-state index contributed by atoms with van der Waals surface area (Å²) in [5.41, 5.74) is 2.42. The molecule has 2 fully saturated rings.